The standard InChI is InChI=1S/C19H15Cl2N5/c20-15-6-2-1-5-14(15)16-12-26-17(21)11-24-19(26)18(25-16)23-9-7-13-4-3-8-22-10-13/h1-6,8,10-12H,7,9H2,(H,23,25). The Hall–Kier alpha value is -2.63. The van der Waals surface area contributed by atoms with E-state index in [2.05, 4.69) is 15.3 Å². The molecule has 0 aliphatic heterocycles. The summed E-state index contributed by atoms with van der Waals surface area (Å²) in [6.07, 6.45) is 7.91. The molecule has 3 aromatic heterocycles. The van der Waals surface area contributed by atoms with E-state index in [-0.39, 0.29) is 0 Å². The largest absolute Gasteiger partial charge is 0.367 e. The molecule has 0 radical (unpaired) electrons. The lowest BCUT2D eigenvalue weighted by molar-refractivity contribution is 0.988. The van der Waals surface area contributed by atoms with Crippen molar-refractivity contribution in [3.63, 3.8) is 0 Å². The third-order valence-electron chi connectivity index (χ3n) is 4.03. The average molecular weight is 384 g/mol. The molecule has 0 spiro atoms. The number of pyridine rings is 1. The van der Waals surface area contributed by atoms with E-state index in [9.17, 15) is 0 Å². The van der Waals surface area contributed by atoms with Gasteiger partial charge in [0.05, 0.1) is 16.9 Å². The van der Waals surface area contributed by atoms with Crippen LogP contribution in [0.2, 0.25) is 10.2 Å². The van der Waals surface area contributed by atoms with Crippen molar-refractivity contribution in [2.24, 2.45) is 0 Å². The summed E-state index contributed by atoms with van der Waals surface area (Å²) in [6.45, 7) is 0.699. The quantitative estimate of drug-likeness (QED) is 0.539. The molecule has 3 heterocycles. The lowest BCUT2D eigenvalue weighted by Crippen LogP contribution is -2.09. The molecule has 0 saturated carbocycles. The van der Waals surface area contributed by atoms with Crippen LogP contribution in [-0.2, 0) is 6.42 Å². The fourth-order valence-corrected chi connectivity index (χ4v) is 3.16. The summed E-state index contributed by atoms with van der Waals surface area (Å²) < 4.78 is 1.81. The number of nitrogens with zero attached hydrogens (tertiary/aromatic N) is 4. The van der Waals surface area contributed by atoms with Crippen LogP contribution in [0.15, 0.2) is 61.2 Å². The number of hydrogen-bond donors (Lipinski definition) is 1. The van der Waals surface area contributed by atoms with Crippen LogP contribution in [0.25, 0.3) is 16.9 Å². The van der Waals surface area contributed by atoms with E-state index in [1.807, 2.05) is 48.8 Å². The predicted octanol–water partition coefficient (Wildman–Crippen LogP) is 4.75. The number of fused-ring (bicyclic) bond motifs is 1. The number of halogens is 2. The summed E-state index contributed by atoms with van der Waals surface area (Å²) in [6, 6.07) is 11.6. The molecule has 1 N–H and O–H groups in total. The first-order valence-corrected chi connectivity index (χ1v) is 8.89. The molecule has 0 bridgehead atoms. The number of benzene rings is 1. The number of aromatic nitrogens is 4. The van der Waals surface area contributed by atoms with E-state index in [1.165, 1.54) is 0 Å². The van der Waals surface area contributed by atoms with Crippen molar-refractivity contribution in [2.45, 2.75) is 6.42 Å². The number of hydrogen-bond acceptors (Lipinski definition) is 4. The number of rotatable bonds is 5. The lowest BCUT2D eigenvalue weighted by atomic mass is 10.1. The molecule has 7 heteroatoms. The van der Waals surface area contributed by atoms with Gasteiger partial charge in [0.1, 0.15) is 5.15 Å². The summed E-state index contributed by atoms with van der Waals surface area (Å²) >= 11 is 12.6. The van der Waals surface area contributed by atoms with Crippen LogP contribution in [0, 0.1) is 0 Å². The molecule has 0 fully saturated rings. The molecule has 0 aliphatic rings. The van der Waals surface area contributed by atoms with Gasteiger partial charge in [-0.2, -0.15) is 0 Å². The van der Waals surface area contributed by atoms with Gasteiger partial charge in [-0.15, -0.1) is 0 Å². The molecule has 1 aromatic carbocycles. The Morgan fingerprint density at radius 2 is 1.92 bits per heavy atom. The van der Waals surface area contributed by atoms with Gasteiger partial charge in [0, 0.05) is 30.7 Å². The number of anilines is 1. The molecule has 0 aliphatic carbocycles. The van der Waals surface area contributed by atoms with E-state index < -0.39 is 0 Å². The highest BCUT2D eigenvalue weighted by atomic mass is 35.5. The van der Waals surface area contributed by atoms with Crippen LogP contribution in [0.4, 0.5) is 5.82 Å². The van der Waals surface area contributed by atoms with E-state index in [1.54, 1.807) is 16.8 Å². The van der Waals surface area contributed by atoms with Crippen molar-refractivity contribution in [1.29, 1.82) is 0 Å². The Kier molecular flexibility index (Phi) is 4.73. The topological polar surface area (TPSA) is 55.1 Å². The second-order valence-electron chi connectivity index (χ2n) is 5.77. The third kappa shape index (κ3) is 3.36. The molecule has 4 aromatic rings. The normalized spacial score (nSPS) is 11.0. The SMILES string of the molecule is Clc1ccccc1-c1cn2c(Cl)cnc2c(NCCc2cccnc2)n1. The van der Waals surface area contributed by atoms with Crippen molar-refractivity contribution in [1.82, 2.24) is 19.4 Å². The van der Waals surface area contributed by atoms with Gasteiger partial charge in [0.2, 0.25) is 0 Å². The summed E-state index contributed by atoms with van der Waals surface area (Å²) in [7, 11) is 0. The zero-order valence-corrected chi connectivity index (χ0v) is 15.2. The summed E-state index contributed by atoms with van der Waals surface area (Å²) in [5.74, 6) is 0.665. The zero-order valence-electron chi connectivity index (χ0n) is 13.7. The van der Waals surface area contributed by atoms with Crippen molar-refractivity contribution in [2.75, 3.05) is 11.9 Å². The first-order chi connectivity index (χ1) is 12.7. The minimum absolute atomic E-state index is 0.519. The predicted molar refractivity (Wildman–Crippen MR) is 105 cm³/mol. The maximum atomic E-state index is 6.34. The Labute approximate surface area is 160 Å². The van der Waals surface area contributed by atoms with E-state index >= 15 is 0 Å². The Balaban J connectivity index is 1.68. The molecule has 4 rings (SSSR count). The molecule has 0 unspecified atom stereocenters. The average Bonchev–Trinajstić information content (AvgIpc) is 3.04. The molecule has 130 valence electrons. The van der Waals surface area contributed by atoms with E-state index in [4.69, 9.17) is 28.2 Å². The minimum Gasteiger partial charge on any atom is -0.367 e. The first-order valence-electron chi connectivity index (χ1n) is 8.13. The van der Waals surface area contributed by atoms with E-state index in [0.717, 1.165) is 23.2 Å². The zero-order chi connectivity index (χ0) is 17.9. The van der Waals surface area contributed by atoms with Crippen LogP contribution in [0.1, 0.15) is 5.56 Å². The van der Waals surface area contributed by atoms with Gasteiger partial charge >= 0.3 is 0 Å². The van der Waals surface area contributed by atoms with Gasteiger partial charge in [0.15, 0.2) is 11.5 Å². The van der Waals surface area contributed by atoms with Crippen molar-refractivity contribution in [3.8, 4) is 11.3 Å². The highest BCUT2D eigenvalue weighted by Gasteiger charge is 2.13. The van der Waals surface area contributed by atoms with Crippen molar-refractivity contribution >= 4 is 34.7 Å². The molecule has 26 heavy (non-hydrogen) atoms. The van der Waals surface area contributed by atoms with Crippen LogP contribution in [0.3, 0.4) is 0 Å². The number of imidazole rings is 1. The molecule has 0 saturated heterocycles. The van der Waals surface area contributed by atoms with Crippen LogP contribution in [0.5, 0.6) is 0 Å². The first kappa shape index (κ1) is 16.8. The van der Waals surface area contributed by atoms with E-state index in [0.29, 0.717) is 28.2 Å². The van der Waals surface area contributed by atoms with Gasteiger partial charge < -0.3 is 5.32 Å². The van der Waals surface area contributed by atoms with Gasteiger partial charge in [-0.3, -0.25) is 9.38 Å². The summed E-state index contributed by atoms with van der Waals surface area (Å²) in [5, 5.41) is 4.51. The van der Waals surface area contributed by atoms with Gasteiger partial charge in [0.25, 0.3) is 0 Å². The summed E-state index contributed by atoms with van der Waals surface area (Å²) in [4.78, 5) is 13.2. The maximum Gasteiger partial charge on any atom is 0.181 e. The van der Waals surface area contributed by atoms with Crippen LogP contribution < -0.4 is 5.32 Å². The molecular formula is C19H15Cl2N5. The van der Waals surface area contributed by atoms with Crippen molar-refractivity contribution in [3.05, 3.63) is 76.9 Å². The van der Waals surface area contributed by atoms with Crippen LogP contribution >= 0.6 is 23.2 Å². The van der Waals surface area contributed by atoms with Crippen molar-refractivity contribution < 1.29 is 0 Å². The second kappa shape index (κ2) is 7.32. The monoisotopic (exact) mass is 383 g/mol. The minimum atomic E-state index is 0.519. The number of nitrogens with one attached hydrogen (secondary N) is 1. The Bertz CT molecular complexity index is 1050. The molecule has 5 nitrogen and oxygen atoms in total. The fraction of sp³-hybridized carbons (Fsp3) is 0.105. The highest BCUT2D eigenvalue weighted by molar-refractivity contribution is 6.33. The van der Waals surface area contributed by atoms with Gasteiger partial charge in [-0.25, -0.2) is 9.97 Å². The highest BCUT2D eigenvalue weighted by Crippen LogP contribution is 2.29. The molecule has 0 atom stereocenters. The lowest BCUT2D eigenvalue weighted by Gasteiger charge is -2.11. The van der Waals surface area contributed by atoms with Crippen LogP contribution in [-0.4, -0.2) is 25.9 Å². The second-order valence-corrected chi connectivity index (χ2v) is 6.56. The maximum absolute atomic E-state index is 6.34. The Morgan fingerprint density at radius 3 is 2.73 bits per heavy atom. The van der Waals surface area contributed by atoms with Gasteiger partial charge in [-0.1, -0.05) is 47.5 Å². The fourth-order valence-electron chi connectivity index (χ4n) is 2.75. The van der Waals surface area contributed by atoms with Gasteiger partial charge in [-0.05, 0) is 24.1 Å². The third-order valence-corrected chi connectivity index (χ3v) is 4.64. The summed E-state index contributed by atoms with van der Waals surface area (Å²) in [5.41, 5.74) is 3.40. The smallest absolute Gasteiger partial charge is 0.181 e. The Morgan fingerprint density at radius 1 is 1.04 bits per heavy atom. The molecular weight excluding hydrogens is 369 g/mol. The molecule has 0 amide bonds.